The van der Waals surface area contributed by atoms with Gasteiger partial charge in [0.15, 0.2) is 6.10 Å². The van der Waals surface area contributed by atoms with E-state index in [0.717, 1.165) is 5.56 Å². The van der Waals surface area contributed by atoms with Gasteiger partial charge in [0, 0.05) is 0 Å². The minimum absolute atomic E-state index is 0.667. The third-order valence-corrected chi connectivity index (χ3v) is 1.97. The second kappa shape index (κ2) is 3.38. The summed E-state index contributed by atoms with van der Waals surface area (Å²) in [5.41, 5.74) is 2.94. The van der Waals surface area contributed by atoms with Crippen molar-refractivity contribution in [1.82, 2.24) is 0 Å². The van der Waals surface area contributed by atoms with E-state index in [9.17, 15) is 5.11 Å². The Balaban J connectivity index is 3.06. The first kappa shape index (κ1) is 8.76. The van der Waals surface area contributed by atoms with Crippen molar-refractivity contribution in [2.45, 2.75) is 20.0 Å². The molecule has 0 aliphatic heterocycles. The van der Waals surface area contributed by atoms with Crippen molar-refractivity contribution in [3.63, 3.8) is 0 Å². The van der Waals surface area contributed by atoms with Gasteiger partial charge in [-0.1, -0.05) is 18.2 Å². The number of benzene rings is 1. The maximum atomic E-state index is 9.18. The molecule has 0 spiro atoms. The minimum Gasteiger partial charge on any atom is -0.374 e. The molecule has 0 saturated heterocycles. The zero-order valence-electron chi connectivity index (χ0n) is 7.20. The predicted molar refractivity (Wildman–Crippen MR) is 46.5 cm³/mol. The maximum absolute atomic E-state index is 9.18. The first-order valence-electron chi connectivity index (χ1n) is 3.80. The van der Waals surface area contributed by atoms with Crippen LogP contribution in [0.1, 0.15) is 22.8 Å². The number of nitriles is 1. The molecular formula is C10H11NO. The number of aliphatic hydroxyl groups excluding tert-OH is 1. The highest BCUT2D eigenvalue weighted by Gasteiger charge is 2.05. The second-order valence-electron chi connectivity index (χ2n) is 2.88. The molecule has 1 aromatic rings. The Morgan fingerprint density at radius 2 is 2.00 bits per heavy atom. The Kier molecular flexibility index (Phi) is 2.47. The summed E-state index contributed by atoms with van der Waals surface area (Å²) in [6.07, 6.45) is -0.996. The Hall–Kier alpha value is -1.33. The van der Waals surface area contributed by atoms with Gasteiger partial charge in [-0.2, -0.15) is 5.26 Å². The lowest BCUT2D eigenvalue weighted by atomic mass is 10.0. The van der Waals surface area contributed by atoms with E-state index in [1.165, 1.54) is 5.56 Å². The highest BCUT2D eigenvalue weighted by atomic mass is 16.3. The molecule has 0 heterocycles. The standard InChI is InChI=1S/C10H11NO/c1-7-3-4-9(5-8(7)2)10(12)6-11/h3-5,10,12H,1-2H3/t10-/m0/s1. The fourth-order valence-electron chi connectivity index (χ4n) is 1.01. The summed E-state index contributed by atoms with van der Waals surface area (Å²) in [6.45, 7) is 3.96. The highest BCUT2D eigenvalue weighted by molar-refractivity contribution is 5.32. The quantitative estimate of drug-likeness (QED) is 0.639. The zero-order valence-corrected chi connectivity index (χ0v) is 7.20. The molecule has 1 rings (SSSR count). The van der Waals surface area contributed by atoms with E-state index in [2.05, 4.69) is 0 Å². The van der Waals surface area contributed by atoms with Crippen LogP contribution < -0.4 is 0 Å². The summed E-state index contributed by atoms with van der Waals surface area (Å²) in [7, 11) is 0. The van der Waals surface area contributed by atoms with Crippen molar-refractivity contribution in [3.8, 4) is 6.07 Å². The van der Waals surface area contributed by atoms with Gasteiger partial charge in [-0.15, -0.1) is 0 Å². The van der Waals surface area contributed by atoms with E-state index in [0.29, 0.717) is 5.56 Å². The van der Waals surface area contributed by atoms with Crippen molar-refractivity contribution >= 4 is 0 Å². The lowest BCUT2D eigenvalue weighted by molar-refractivity contribution is 0.236. The second-order valence-corrected chi connectivity index (χ2v) is 2.88. The molecular weight excluding hydrogens is 150 g/mol. The summed E-state index contributed by atoms with van der Waals surface area (Å²) in [4.78, 5) is 0. The maximum Gasteiger partial charge on any atom is 0.165 e. The Morgan fingerprint density at radius 3 is 2.50 bits per heavy atom. The largest absolute Gasteiger partial charge is 0.374 e. The monoisotopic (exact) mass is 161 g/mol. The molecule has 0 aromatic heterocycles. The van der Waals surface area contributed by atoms with Gasteiger partial charge < -0.3 is 5.11 Å². The van der Waals surface area contributed by atoms with E-state index in [1.54, 1.807) is 12.1 Å². The van der Waals surface area contributed by atoms with Crippen LogP contribution in [-0.4, -0.2) is 5.11 Å². The molecule has 0 bridgehead atoms. The molecule has 1 atom stereocenters. The summed E-state index contributed by atoms with van der Waals surface area (Å²) in [5, 5.41) is 17.6. The van der Waals surface area contributed by atoms with Crippen LogP contribution in [0.2, 0.25) is 0 Å². The van der Waals surface area contributed by atoms with Gasteiger partial charge in [0.2, 0.25) is 0 Å². The summed E-state index contributed by atoms with van der Waals surface area (Å²) in [5.74, 6) is 0. The molecule has 0 radical (unpaired) electrons. The van der Waals surface area contributed by atoms with Crippen molar-refractivity contribution in [3.05, 3.63) is 34.9 Å². The average Bonchev–Trinajstić information content (AvgIpc) is 2.08. The first-order valence-corrected chi connectivity index (χ1v) is 3.80. The van der Waals surface area contributed by atoms with E-state index >= 15 is 0 Å². The van der Waals surface area contributed by atoms with Gasteiger partial charge in [0.05, 0.1) is 6.07 Å². The van der Waals surface area contributed by atoms with Crippen molar-refractivity contribution in [2.75, 3.05) is 0 Å². The number of rotatable bonds is 1. The van der Waals surface area contributed by atoms with Gasteiger partial charge in [0.1, 0.15) is 0 Å². The lowest BCUT2D eigenvalue weighted by Crippen LogP contribution is -1.94. The molecule has 0 fully saturated rings. The van der Waals surface area contributed by atoms with Crippen LogP contribution in [0.3, 0.4) is 0 Å². The summed E-state index contributed by atoms with van der Waals surface area (Å²) in [6, 6.07) is 7.30. The molecule has 0 saturated carbocycles. The Morgan fingerprint density at radius 1 is 1.33 bits per heavy atom. The van der Waals surface area contributed by atoms with Crippen LogP contribution >= 0.6 is 0 Å². The van der Waals surface area contributed by atoms with E-state index < -0.39 is 6.10 Å². The topological polar surface area (TPSA) is 44.0 Å². The fourth-order valence-corrected chi connectivity index (χ4v) is 1.01. The van der Waals surface area contributed by atoms with Crippen molar-refractivity contribution < 1.29 is 5.11 Å². The van der Waals surface area contributed by atoms with Crippen LogP contribution in [0.5, 0.6) is 0 Å². The third kappa shape index (κ3) is 1.63. The van der Waals surface area contributed by atoms with E-state index in [4.69, 9.17) is 5.26 Å². The fraction of sp³-hybridized carbons (Fsp3) is 0.300. The van der Waals surface area contributed by atoms with Crippen LogP contribution in [0.15, 0.2) is 18.2 Å². The summed E-state index contributed by atoms with van der Waals surface area (Å²) >= 11 is 0. The molecule has 0 unspecified atom stereocenters. The number of nitrogens with zero attached hydrogens (tertiary/aromatic N) is 1. The number of aryl methyl sites for hydroxylation is 2. The van der Waals surface area contributed by atoms with Crippen molar-refractivity contribution in [1.29, 1.82) is 5.26 Å². The third-order valence-electron chi connectivity index (χ3n) is 1.97. The molecule has 1 aromatic carbocycles. The van der Waals surface area contributed by atoms with Crippen molar-refractivity contribution in [2.24, 2.45) is 0 Å². The smallest absolute Gasteiger partial charge is 0.165 e. The zero-order chi connectivity index (χ0) is 9.14. The van der Waals surface area contributed by atoms with Gasteiger partial charge in [-0.25, -0.2) is 0 Å². The van der Waals surface area contributed by atoms with Crippen LogP contribution in [0, 0.1) is 25.2 Å². The van der Waals surface area contributed by atoms with Gasteiger partial charge in [-0.3, -0.25) is 0 Å². The predicted octanol–water partition coefficient (Wildman–Crippen LogP) is 1.86. The van der Waals surface area contributed by atoms with Gasteiger partial charge in [-0.05, 0) is 30.5 Å². The van der Waals surface area contributed by atoms with Crippen LogP contribution in [0.4, 0.5) is 0 Å². The molecule has 12 heavy (non-hydrogen) atoms. The van der Waals surface area contributed by atoms with E-state index in [1.807, 2.05) is 26.0 Å². The number of hydrogen-bond acceptors (Lipinski definition) is 2. The molecule has 62 valence electrons. The molecule has 1 N–H and O–H groups in total. The average molecular weight is 161 g/mol. The van der Waals surface area contributed by atoms with Crippen LogP contribution in [0.25, 0.3) is 0 Å². The van der Waals surface area contributed by atoms with Crippen LogP contribution in [-0.2, 0) is 0 Å². The summed E-state index contributed by atoms with van der Waals surface area (Å²) < 4.78 is 0. The molecule has 0 aliphatic rings. The Bertz CT molecular complexity index is 325. The SMILES string of the molecule is Cc1ccc([C@@H](O)C#N)cc1C. The first-order chi connectivity index (χ1) is 5.65. The number of aliphatic hydroxyl groups is 1. The minimum atomic E-state index is -0.996. The normalized spacial score (nSPS) is 12.2. The Labute approximate surface area is 72.1 Å². The molecule has 2 heteroatoms. The van der Waals surface area contributed by atoms with Gasteiger partial charge in [0.25, 0.3) is 0 Å². The van der Waals surface area contributed by atoms with Gasteiger partial charge >= 0.3 is 0 Å². The molecule has 0 amide bonds. The highest BCUT2D eigenvalue weighted by Crippen LogP contribution is 2.15. The lowest BCUT2D eigenvalue weighted by Gasteiger charge is -2.05. The molecule has 2 nitrogen and oxygen atoms in total. The molecule has 0 aliphatic carbocycles. The van der Waals surface area contributed by atoms with E-state index in [-0.39, 0.29) is 0 Å². The number of hydrogen-bond donors (Lipinski definition) is 1.